The summed E-state index contributed by atoms with van der Waals surface area (Å²) in [6.45, 7) is 7.84. The van der Waals surface area contributed by atoms with Gasteiger partial charge >= 0.3 is 0 Å². The lowest BCUT2D eigenvalue weighted by atomic mass is 10.1. The summed E-state index contributed by atoms with van der Waals surface area (Å²) in [5.74, 6) is 0.0889. The van der Waals surface area contributed by atoms with Crippen LogP contribution in [0.25, 0.3) is 11.0 Å². The van der Waals surface area contributed by atoms with Gasteiger partial charge in [0.05, 0.1) is 11.0 Å². The Morgan fingerprint density at radius 1 is 1.05 bits per heavy atom. The Balaban J connectivity index is 1.75. The quantitative estimate of drug-likeness (QED) is 0.843. The molecule has 1 aliphatic heterocycles. The molecular weight excluding hydrogens is 264 g/mol. The summed E-state index contributed by atoms with van der Waals surface area (Å²) in [5.41, 5.74) is 2.28. The second kappa shape index (κ2) is 5.77. The first-order valence-electron chi connectivity index (χ1n) is 7.39. The second-order valence-electron chi connectivity index (χ2n) is 5.68. The maximum absolute atomic E-state index is 12.6. The normalized spacial score (nSPS) is 16.6. The second-order valence-corrected chi connectivity index (χ2v) is 5.68. The molecule has 0 N–H and O–H groups in total. The van der Waals surface area contributed by atoms with Crippen LogP contribution in [0.4, 0.5) is 0 Å². The van der Waals surface area contributed by atoms with Crippen LogP contribution >= 0.6 is 0 Å². The van der Waals surface area contributed by atoms with Crippen molar-refractivity contribution in [3.63, 3.8) is 0 Å². The van der Waals surface area contributed by atoms with Crippen molar-refractivity contribution >= 4 is 16.9 Å². The number of nitrogens with zero attached hydrogens (tertiary/aromatic N) is 4. The van der Waals surface area contributed by atoms with Gasteiger partial charge in [-0.2, -0.15) is 0 Å². The number of hydrogen-bond acceptors (Lipinski definition) is 4. The minimum absolute atomic E-state index is 0.0889. The van der Waals surface area contributed by atoms with Gasteiger partial charge in [-0.15, -0.1) is 0 Å². The molecule has 1 fully saturated rings. The number of fused-ring (bicyclic) bond motifs is 1. The van der Waals surface area contributed by atoms with E-state index in [1.165, 1.54) is 0 Å². The zero-order valence-electron chi connectivity index (χ0n) is 12.5. The van der Waals surface area contributed by atoms with E-state index < -0.39 is 0 Å². The molecule has 5 heteroatoms. The molecule has 0 aliphatic carbocycles. The van der Waals surface area contributed by atoms with Crippen LogP contribution in [0.2, 0.25) is 0 Å². The average Bonchev–Trinajstić information content (AvgIpc) is 2.54. The molecule has 0 bridgehead atoms. The van der Waals surface area contributed by atoms with Crippen LogP contribution in [-0.4, -0.2) is 57.9 Å². The summed E-state index contributed by atoms with van der Waals surface area (Å²) in [6.07, 6.45) is 3.31. The Kier molecular flexibility index (Phi) is 3.84. The zero-order chi connectivity index (χ0) is 14.8. The minimum Gasteiger partial charge on any atom is -0.336 e. The molecule has 5 nitrogen and oxygen atoms in total. The third-order valence-corrected chi connectivity index (χ3v) is 4.05. The summed E-state index contributed by atoms with van der Waals surface area (Å²) >= 11 is 0. The van der Waals surface area contributed by atoms with Crippen molar-refractivity contribution < 1.29 is 4.79 Å². The average molecular weight is 284 g/mol. The maximum atomic E-state index is 12.6. The first kappa shape index (κ1) is 13.9. The first-order valence-corrected chi connectivity index (χ1v) is 7.39. The standard InChI is InChI=1S/C16H20N4O/c1-12(2)19-7-9-20(10-8-19)16(21)13-3-4-14-15(11-13)18-6-5-17-14/h3-6,11-12H,7-10H2,1-2H3. The fourth-order valence-corrected chi connectivity index (χ4v) is 2.72. The lowest BCUT2D eigenvalue weighted by molar-refractivity contribution is 0.0595. The molecule has 0 radical (unpaired) electrons. The molecule has 1 saturated heterocycles. The van der Waals surface area contributed by atoms with Gasteiger partial charge < -0.3 is 4.90 Å². The van der Waals surface area contributed by atoms with Crippen LogP contribution in [0.3, 0.4) is 0 Å². The fraction of sp³-hybridized carbons (Fsp3) is 0.438. The van der Waals surface area contributed by atoms with Gasteiger partial charge in [0.25, 0.3) is 5.91 Å². The molecule has 2 aromatic rings. The number of benzene rings is 1. The highest BCUT2D eigenvalue weighted by molar-refractivity contribution is 5.97. The monoisotopic (exact) mass is 284 g/mol. The van der Waals surface area contributed by atoms with E-state index in [0.717, 1.165) is 37.2 Å². The summed E-state index contributed by atoms with van der Waals surface area (Å²) in [5, 5.41) is 0. The summed E-state index contributed by atoms with van der Waals surface area (Å²) in [6, 6.07) is 6.08. The molecule has 1 amide bonds. The Bertz CT molecular complexity index is 648. The van der Waals surface area contributed by atoms with Crippen molar-refractivity contribution in [2.45, 2.75) is 19.9 Å². The first-order chi connectivity index (χ1) is 10.1. The predicted molar refractivity (Wildman–Crippen MR) is 82.2 cm³/mol. The summed E-state index contributed by atoms with van der Waals surface area (Å²) in [4.78, 5) is 25.4. The molecule has 3 rings (SSSR count). The Hall–Kier alpha value is -2.01. The van der Waals surface area contributed by atoms with Crippen LogP contribution in [0.5, 0.6) is 0 Å². The zero-order valence-corrected chi connectivity index (χ0v) is 12.5. The highest BCUT2D eigenvalue weighted by Gasteiger charge is 2.23. The number of aromatic nitrogens is 2. The summed E-state index contributed by atoms with van der Waals surface area (Å²) in [7, 11) is 0. The van der Waals surface area contributed by atoms with Crippen LogP contribution in [0, 0.1) is 0 Å². The molecule has 0 unspecified atom stereocenters. The van der Waals surface area contributed by atoms with Crippen LogP contribution in [0.1, 0.15) is 24.2 Å². The topological polar surface area (TPSA) is 49.3 Å². The van der Waals surface area contributed by atoms with Crippen LogP contribution in [0.15, 0.2) is 30.6 Å². The van der Waals surface area contributed by atoms with E-state index in [4.69, 9.17) is 0 Å². The predicted octanol–water partition coefficient (Wildman–Crippen LogP) is 1.80. The van der Waals surface area contributed by atoms with E-state index in [2.05, 4.69) is 28.7 Å². The van der Waals surface area contributed by atoms with Crippen molar-refractivity contribution in [3.8, 4) is 0 Å². The maximum Gasteiger partial charge on any atom is 0.254 e. The molecule has 1 aromatic heterocycles. The third kappa shape index (κ3) is 2.88. The molecular formula is C16H20N4O. The Labute approximate surface area is 124 Å². The van der Waals surface area contributed by atoms with E-state index in [0.29, 0.717) is 11.6 Å². The molecule has 0 saturated carbocycles. The minimum atomic E-state index is 0.0889. The smallest absolute Gasteiger partial charge is 0.254 e. The van der Waals surface area contributed by atoms with Crippen molar-refractivity contribution in [1.29, 1.82) is 0 Å². The number of carbonyl (C=O) groups excluding carboxylic acids is 1. The lowest BCUT2D eigenvalue weighted by Gasteiger charge is -2.37. The van der Waals surface area contributed by atoms with Crippen LogP contribution < -0.4 is 0 Å². The van der Waals surface area contributed by atoms with Gasteiger partial charge in [-0.25, -0.2) is 0 Å². The van der Waals surface area contributed by atoms with E-state index in [9.17, 15) is 4.79 Å². The SMILES string of the molecule is CC(C)N1CCN(C(=O)c2ccc3nccnc3c2)CC1. The number of piperazine rings is 1. The van der Waals surface area contributed by atoms with E-state index in [1.807, 2.05) is 23.1 Å². The Morgan fingerprint density at radius 2 is 1.71 bits per heavy atom. The van der Waals surface area contributed by atoms with Gasteiger partial charge in [-0.3, -0.25) is 19.7 Å². The van der Waals surface area contributed by atoms with E-state index in [-0.39, 0.29) is 5.91 Å². The highest BCUT2D eigenvalue weighted by Crippen LogP contribution is 2.15. The fourth-order valence-electron chi connectivity index (χ4n) is 2.72. The Morgan fingerprint density at radius 3 is 2.38 bits per heavy atom. The van der Waals surface area contributed by atoms with Gasteiger partial charge in [-0.1, -0.05) is 0 Å². The van der Waals surface area contributed by atoms with Gasteiger partial charge in [0, 0.05) is 50.2 Å². The number of rotatable bonds is 2. The van der Waals surface area contributed by atoms with Gasteiger partial charge in [0.1, 0.15) is 0 Å². The summed E-state index contributed by atoms with van der Waals surface area (Å²) < 4.78 is 0. The van der Waals surface area contributed by atoms with Gasteiger partial charge in [0.2, 0.25) is 0 Å². The number of amides is 1. The number of carbonyl (C=O) groups is 1. The van der Waals surface area contributed by atoms with Crippen molar-refractivity contribution in [3.05, 3.63) is 36.2 Å². The van der Waals surface area contributed by atoms with Crippen molar-refractivity contribution in [1.82, 2.24) is 19.8 Å². The van der Waals surface area contributed by atoms with Crippen molar-refractivity contribution in [2.75, 3.05) is 26.2 Å². The van der Waals surface area contributed by atoms with Gasteiger partial charge in [-0.05, 0) is 32.0 Å². The highest BCUT2D eigenvalue weighted by atomic mass is 16.2. The van der Waals surface area contributed by atoms with E-state index >= 15 is 0 Å². The molecule has 21 heavy (non-hydrogen) atoms. The molecule has 1 aliphatic rings. The van der Waals surface area contributed by atoms with Crippen molar-refractivity contribution in [2.24, 2.45) is 0 Å². The largest absolute Gasteiger partial charge is 0.336 e. The van der Waals surface area contributed by atoms with Gasteiger partial charge in [0.15, 0.2) is 0 Å². The van der Waals surface area contributed by atoms with E-state index in [1.54, 1.807) is 12.4 Å². The lowest BCUT2D eigenvalue weighted by Crippen LogP contribution is -2.50. The molecule has 110 valence electrons. The third-order valence-electron chi connectivity index (χ3n) is 4.05. The molecule has 0 spiro atoms. The molecule has 1 aromatic carbocycles. The molecule has 0 atom stereocenters. The number of hydrogen-bond donors (Lipinski definition) is 0. The van der Waals surface area contributed by atoms with Crippen LogP contribution in [-0.2, 0) is 0 Å². The molecule has 2 heterocycles.